The van der Waals surface area contributed by atoms with Crippen molar-refractivity contribution in [3.63, 3.8) is 0 Å². The maximum absolute atomic E-state index is 12.2. The van der Waals surface area contributed by atoms with Gasteiger partial charge in [-0.25, -0.2) is 0 Å². The Labute approximate surface area is 129 Å². The first-order valence-corrected chi connectivity index (χ1v) is 6.97. The predicted octanol–water partition coefficient (Wildman–Crippen LogP) is 3.70. The Morgan fingerprint density at radius 3 is 2.73 bits per heavy atom. The van der Waals surface area contributed by atoms with E-state index in [1.807, 2.05) is 6.92 Å². The van der Waals surface area contributed by atoms with Crippen molar-refractivity contribution in [1.29, 1.82) is 0 Å². The van der Waals surface area contributed by atoms with Crippen LogP contribution in [0.4, 0.5) is 0 Å². The van der Waals surface area contributed by atoms with Crippen LogP contribution in [0.5, 0.6) is 17.2 Å². The third-order valence-corrected chi connectivity index (χ3v) is 3.10. The first-order chi connectivity index (χ1) is 10.7. The van der Waals surface area contributed by atoms with E-state index < -0.39 is 0 Å². The van der Waals surface area contributed by atoms with E-state index in [9.17, 15) is 9.90 Å². The second-order valence-electron chi connectivity index (χ2n) is 4.56. The smallest absolute Gasteiger partial charge is 0.185 e. The van der Waals surface area contributed by atoms with Crippen molar-refractivity contribution in [2.45, 2.75) is 6.92 Å². The molecule has 0 spiro atoms. The molecule has 0 radical (unpaired) electrons. The molecule has 0 saturated heterocycles. The van der Waals surface area contributed by atoms with Crippen LogP contribution in [0.25, 0.3) is 6.08 Å². The largest absolute Gasteiger partial charge is 0.504 e. The highest BCUT2D eigenvalue weighted by Crippen LogP contribution is 2.30. The van der Waals surface area contributed by atoms with E-state index >= 15 is 0 Å². The van der Waals surface area contributed by atoms with Gasteiger partial charge in [0.05, 0.1) is 13.7 Å². The minimum absolute atomic E-state index is 0.0269. The van der Waals surface area contributed by atoms with Crippen LogP contribution in [0.1, 0.15) is 22.8 Å². The lowest BCUT2D eigenvalue weighted by Gasteiger charge is -2.07. The van der Waals surface area contributed by atoms with Crippen molar-refractivity contribution < 1.29 is 19.4 Å². The molecule has 0 aromatic heterocycles. The summed E-state index contributed by atoms with van der Waals surface area (Å²) in [4.78, 5) is 12.2. The SMILES string of the molecule is CCOc1cccc(C=CC(=O)c2cccc(OC)c2)c1O. The minimum atomic E-state index is -0.167. The van der Waals surface area contributed by atoms with Crippen LogP contribution in [-0.4, -0.2) is 24.6 Å². The molecule has 0 aliphatic heterocycles. The van der Waals surface area contributed by atoms with Crippen molar-refractivity contribution in [3.8, 4) is 17.2 Å². The molecule has 4 nitrogen and oxygen atoms in total. The Morgan fingerprint density at radius 2 is 2.00 bits per heavy atom. The highest BCUT2D eigenvalue weighted by atomic mass is 16.5. The molecule has 0 bridgehead atoms. The molecule has 0 aliphatic carbocycles. The Bertz CT molecular complexity index is 689. The lowest BCUT2D eigenvalue weighted by molar-refractivity contribution is 0.104. The topological polar surface area (TPSA) is 55.8 Å². The summed E-state index contributed by atoms with van der Waals surface area (Å²) in [5, 5.41) is 10.1. The normalized spacial score (nSPS) is 10.6. The Balaban J connectivity index is 2.21. The van der Waals surface area contributed by atoms with E-state index in [0.29, 0.717) is 29.2 Å². The third-order valence-electron chi connectivity index (χ3n) is 3.10. The van der Waals surface area contributed by atoms with E-state index in [0.717, 1.165) is 0 Å². The molecule has 2 rings (SSSR count). The van der Waals surface area contributed by atoms with Gasteiger partial charge in [-0.1, -0.05) is 24.3 Å². The van der Waals surface area contributed by atoms with Crippen molar-refractivity contribution in [3.05, 3.63) is 59.7 Å². The molecule has 1 N–H and O–H groups in total. The van der Waals surface area contributed by atoms with Crippen molar-refractivity contribution in [1.82, 2.24) is 0 Å². The van der Waals surface area contributed by atoms with E-state index in [1.54, 1.807) is 55.7 Å². The van der Waals surface area contributed by atoms with E-state index in [4.69, 9.17) is 9.47 Å². The quantitative estimate of drug-likeness (QED) is 0.652. The third kappa shape index (κ3) is 3.67. The summed E-state index contributed by atoms with van der Waals surface area (Å²) in [6.45, 7) is 2.30. The van der Waals surface area contributed by atoms with Gasteiger partial charge in [0.2, 0.25) is 0 Å². The number of rotatable bonds is 6. The number of para-hydroxylation sites is 1. The molecule has 0 amide bonds. The van der Waals surface area contributed by atoms with Crippen LogP contribution in [0.3, 0.4) is 0 Å². The Morgan fingerprint density at radius 1 is 1.23 bits per heavy atom. The fraction of sp³-hybridized carbons (Fsp3) is 0.167. The number of methoxy groups -OCH3 is 1. The number of allylic oxidation sites excluding steroid dienone is 1. The number of phenolic OH excluding ortho intramolecular Hbond substituents is 1. The molecule has 0 atom stereocenters. The maximum atomic E-state index is 12.2. The number of carbonyl (C=O) groups is 1. The summed E-state index contributed by atoms with van der Waals surface area (Å²) in [6, 6.07) is 12.1. The van der Waals surface area contributed by atoms with Gasteiger partial charge in [0.15, 0.2) is 17.3 Å². The maximum Gasteiger partial charge on any atom is 0.185 e. The van der Waals surface area contributed by atoms with Crippen LogP contribution in [0.15, 0.2) is 48.5 Å². The van der Waals surface area contributed by atoms with Crippen LogP contribution >= 0.6 is 0 Å². The molecule has 0 fully saturated rings. The first-order valence-electron chi connectivity index (χ1n) is 6.97. The van der Waals surface area contributed by atoms with Gasteiger partial charge in [-0.2, -0.15) is 0 Å². The standard InChI is InChI=1S/C18H18O4/c1-3-22-17-9-5-6-13(18(17)20)10-11-16(19)14-7-4-8-15(12-14)21-2/h4-12,20H,3H2,1-2H3. The monoisotopic (exact) mass is 298 g/mol. The molecular weight excluding hydrogens is 280 g/mol. The highest BCUT2D eigenvalue weighted by molar-refractivity contribution is 6.07. The molecule has 0 heterocycles. The number of hydrogen-bond donors (Lipinski definition) is 1. The number of ether oxygens (including phenoxy) is 2. The van der Waals surface area contributed by atoms with E-state index in [2.05, 4.69) is 0 Å². The van der Waals surface area contributed by atoms with Gasteiger partial charge in [0.25, 0.3) is 0 Å². The van der Waals surface area contributed by atoms with E-state index in [-0.39, 0.29) is 11.5 Å². The van der Waals surface area contributed by atoms with Crippen LogP contribution in [0.2, 0.25) is 0 Å². The number of ketones is 1. The van der Waals surface area contributed by atoms with Crippen molar-refractivity contribution in [2.75, 3.05) is 13.7 Å². The summed E-state index contributed by atoms with van der Waals surface area (Å²) in [6.07, 6.45) is 2.99. The summed E-state index contributed by atoms with van der Waals surface area (Å²) >= 11 is 0. The van der Waals surface area contributed by atoms with Gasteiger partial charge in [0.1, 0.15) is 5.75 Å². The van der Waals surface area contributed by atoms with Gasteiger partial charge in [-0.15, -0.1) is 0 Å². The van der Waals surface area contributed by atoms with Crippen LogP contribution in [0, 0.1) is 0 Å². The second-order valence-corrected chi connectivity index (χ2v) is 4.56. The molecule has 2 aromatic rings. The first kappa shape index (κ1) is 15.6. The summed E-state index contributed by atoms with van der Waals surface area (Å²) in [7, 11) is 1.55. The molecule has 0 unspecified atom stereocenters. The zero-order valence-electron chi connectivity index (χ0n) is 12.6. The van der Waals surface area contributed by atoms with Crippen molar-refractivity contribution >= 4 is 11.9 Å². The Kier molecular flexibility index (Phi) is 5.20. The number of hydrogen-bond acceptors (Lipinski definition) is 4. The minimum Gasteiger partial charge on any atom is -0.504 e. The second kappa shape index (κ2) is 7.31. The zero-order valence-corrected chi connectivity index (χ0v) is 12.6. The summed E-state index contributed by atoms with van der Waals surface area (Å²) in [5.74, 6) is 0.887. The van der Waals surface area contributed by atoms with Crippen molar-refractivity contribution in [2.24, 2.45) is 0 Å². The van der Waals surface area contributed by atoms with Crippen LogP contribution in [-0.2, 0) is 0 Å². The molecule has 114 valence electrons. The number of benzene rings is 2. The number of phenols is 1. The summed E-state index contributed by atoms with van der Waals surface area (Å²) in [5.41, 5.74) is 1.05. The molecule has 0 aliphatic rings. The van der Waals surface area contributed by atoms with Gasteiger partial charge in [-0.05, 0) is 37.3 Å². The molecule has 22 heavy (non-hydrogen) atoms. The molecule has 0 saturated carbocycles. The van der Waals surface area contributed by atoms with E-state index in [1.165, 1.54) is 6.08 Å². The Hall–Kier alpha value is -2.75. The highest BCUT2D eigenvalue weighted by Gasteiger charge is 2.07. The van der Waals surface area contributed by atoms with Gasteiger partial charge >= 0.3 is 0 Å². The van der Waals surface area contributed by atoms with Gasteiger partial charge in [0, 0.05) is 11.1 Å². The lowest BCUT2D eigenvalue weighted by Crippen LogP contribution is -1.95. The number of carbonyl (C=O) groups excluding carboxylic acids is 1. The molecule has 2 aromatic carbocycles. The molecule has 4 heteroatoms. The average Bonchev–Trinajstić information content (AvgIpc) is 2.55. The lowest BCUT2D eigenvalue weighted by atomic mass is 10.1. The fourth-order valence-electron chi connectivity index (χ4n) is 1.98. The van der Waals surface area contributed by atoms with Gasteiger partial charge < -0.3 is 14.6 Å². The fourth-order valence-corrected chi connectivity index (χ4v) is 1.98. The molecular formula is C18H18O4. The van der Waals surface area contributed by atoms with Gasteiger partial charge in [-0.3, -0.25) is 4.79 Å². The van der Waals surface area contributed by atoms with Crippen LogP contribution < -0.4 is 9.47 Å². The summed E-state index contributed by atoms with van der Waals surface area (Å²) < 4.78 is 10.4. The average molecular weight is 298 g/mol. The number of aromatic hydroxyl groups is 1. The predicted molar refractivity (Wildman–Crippen MR) is 85.6 cm³/mol. The zero-order chi connectivity index (χ0) is 15.9.